The Kier molecular flexibility index (Phi) is 5.07. The van der Waals surface area contributed by atoms with Crippen LogP contribution in [0.25, 0.3) is 0 Å². The number of nitriles is 1. The predicted octanol–water partition coefficient (Wildman–Crippen LogP) is 1.56. The molecule has 2 atom stereocenters. The van der Waals surface area contributed by atoms with Crippen LogP contribution in [0, 0.1) is 17.2 Å². The summed E-state index contributed by atoms with van der Waals surface area (Å²) in [4.78, 5) is 4.76. The molecule has 0 N–H and O–H groups in total. The third-order valence-corrected chi connectivity index (χ3v) is 3.41. The van der Waals surface area contributed by atoms with E-state index in [0.717, 1.165) is 19.5 Å². The number of rotatable bonds is 4. The first kappa shape index (κ1) is 12.5. The fourth-order valence-corrected chi connectivity index (χ4v) is 2.26. The smallest absolute Gasteiger partial charge is 0.0669 e. The quantitative estimate of drug-likeness (QED) is 0.704. The number of piperidine rings is 1. The number of hydrogen-bond acceptors (Lipinski definition) is 3. The molecule has 3 nitrogen and oxygen atoms in total. The molecule has 86 valence electrons. The van der Waals surface area contributed by atoms with Crippen LogP contribution in [0.2, 0.25) is 0 Å². The lowest BCUT2D eigenvalue weighted by molar-refractivity contribution is 0.126. The molecule has 1 heterocycles. The van der Waals surface area contributed by atoms with Crippen LogP contribution in [0.15, 0.2) is 0 Å². The van der Waals surface area contributed by atoms with E-state index in [1.54, 1.807) is 0 Å². The standard InChI is InChI=1S/C12H23N3/c1-4-11(8-13)9-15(3)12-6-5-7-14(2)10-12/h11-12H,4-7,9-10H2,1-3H3. The molecule has 1 aliphatic rings. The Balaban J connectivity index is 2.38. The number of likely N-dealkylation sites (tertiary alicyclic amines) is 1. The zero-order valence-corrected chi connectivity index (χ0v) is 10.2. The lowest BCUT2D eigenvalue weighted by Gasteiger charge is -2.36. The summed E-state index contributed by atoms with van der Waals surface area (Å²) >= 11 is 0. The lowest BCUT2D eigenvalue weighted by Crippen LogP contribution is -2.46. The molecule has 0 bridgehead atoms. The summed E-state index contributed by atoms with van der Waals surface area (Å²) in [5.41, 5.74) is 0. The van der Waals surface area contributed by atoms with Crippen molar-refractivity contribution in [3.63, 3.8) is 0 Å². The van der Waals surface area contributed by atoms with E-state index < -0.39 is 0 Å². The number of nitrogens with zero attached hydrogens (tertiary/aromatic N) is 3. The Morgan fingerprint density at radius 3 is 2.87 bits per heavy atom. The molecule has 0 aliphatic carbocycles. The maximum Gasteiger partial charge on any atom is 0.0669 e. The van der Waals surface area contributed by atoms with Crippen LogP contribution in [-0.2, 0) is 0 Å². The van der Waals surface area contributed by atoms with Crippen molar-refractivity contribution in [1.82, 2.24) is 9.80 Å². The molecule has 15 heavy (non-hydrogen) atoms. The maximum absolute atomic E-state index is 8.94. The molecular formula is C12H23N3. The highest BCUT2D eigenvalue weighted by atomic mass is 15.2. The second-order valence-electron chi connectivity index (χ2n) is 4.73. The molecule has 1 saturated heterocycles. The molecule has 0 aromatic carbocycles. The van der Waals surface area contributed by atoms with Crippen LogP contribution in [0.3, 0.4) is 0 Å². The molecule has 1 aliphatic heterocycles. The van der Waals surface area contributed by atoms with Crippen molar-refractivity contribution in [2.45, 2.75) is 32.2 Å². The van der Waals surface area contributed by atoms with Crippen molar-refractivity contribution >= 4 is 0 Å². The van der Waals surface area contributed by atoms with Gasteiger partial charge in [0.2, 0.25) is 0 Å². The van der Waals surface area contributed by atoms with Gasteiger partial charge in [0.15, 0.2) is 0 Å². The van der Waals surface area contributed by atoms with Gasteiger partial charge < -0.3 is 9.80 Å². The Morgan fingerprint density at radius 1 is 1.60 bits per heavy atom. The summed E-state index contributed by atoms with van der Waals surface area (Å²) in [5.74, 6) is 0.197. The molecule has 2 unspecified atom stereocenters. The fraction of sp³-hybridized carbons (Fsp3) is 0.917. The van der Waals surface area contributed by atoms with Crippen molar-refractivity contribution in [2.75, 3.05) is 33.7 Å². The van der Waals surface area contributed by atoms with E-state index in [2.05, 4.69) is 36.9 Å². The Bertz CT molecular complexity index is 221. The third kappa shape index (κ3) is 3.81. The average Bonchev–Trinajstić information content (AvgIpc) is 2.25. The summed E-state index contributed by atoms with van der Waals surface area (Å²) in [5, 5.41) is 8.94. The largest absolute Gasteiger partial charge is 0.305 e. The summed E-state index contributed by atoms with van der Waals surface area (Å²) in [6.07, 6.45) is 3.53. The van der Waals surface area contributed by atoms with Crippen LogP contribution in [0.1, 0.15) is 26.2 Å². The van der Waals surface area contributed by atoms with Crippen molar-refractivity contribution < 1.29 is 0 Å². The topological polar surface area (TPSA) is 30.3 Å². The van der Waals surface area contributed by atoms with Crippen molar-refractivity contribution in [3.8, 4) is 6.07 Å². The lowest BCUT2D eigenvalue weighted by atomic mass is 10.0. The maximum atomic E-state index is 8.94. The number of hydrogen-bond donors (Lipinski definition) is 0. The summed E-state index contributed by atoms with van der Waals surface area (Å²) in [6, 6.07) is 3.02. The van der Waals surface area contributed by atoms with E-state index in [-0.39, 0.29) is 5.92 Å². The molecule has 1 rings (SSSR count). The average molecular weight is 209 g/mol. The van der Waals surface area contributed by atoms with Crippen LogP contribution in [0.4, 0.5) is 0 Å². The molecule has 0 amide bonds. The van der Waals surface area contributed by atoms with Gasteiger partial charge in [0.05, 0.1) is 12.0 Å². The van der Waals surface area contributed by atoms with E-state index in [1.807, 2.05) is 0 Å². The minimum Gasteiger partial charge on any atom is -0.305 e. The van der Waals surface area contributed by atoms with Gasteiger partial charge in [-0.1, -0.05) is 6.92 Å². The first-order valence-corrected chi connectivity index (χ1v) is 5.95. The molecule has 0 aromatic heterocycles. The van der Waals surface area contributed by atoms with Gasteiger partial charge in [0, 0.05) is 19.1 Å². The summed E-state index contributed by atoms with van der Waals surface area (Å²) in [6.45, 7) is 5.39. The van der Waals surface area contributed by atoms with Gasteiger partial charge in [-0.2, -0.15) is 5.26 Å². The monoisotopic (exact) mass is 209 g/mol. The highest BCUT2D eigenvalue weighted by molar-refractivity contribution is 4.86. The Hall–Kier alpha value is -0.590. The molecule has 0 aromatic rings. The van der Waals surface area contributed by atoms with Crippen molar-refractivity contribution in [3.05, 3.63) is 0 Å². The second-order valence-corrected chi connectivity index (χ2v) is 4.73. The zero-order chi connectivity index (χ0) is 11.3. The van der Waals surface area contributed by atoms with Crippen molar-refractivity contribution in [2.24, 2.45) is 5.92 Å². The van der Waals surface area contributed by atoms with Crippen LogP contribution >= 0.6 is 0 Å². The summed E-state index contributed by atoms with van der Waals surface area (Å²) < 4.78 is 0. The SMILES string of the molecule is CCC(C#N)CN(C)C1CCCN(C)C1. The van der Waals surface area contributed by atoms with E-state index in [0.29, 0.717) is 6.04 Å². The van der Waals surface area contributed by atoms with Crippen LogP contribution in [0.5, 0.6) is 0 Å². The van der Waals surface area contributed by atoms with Gasteiger partial charge >= 0.3 is 0 Å². The Labute approximate surface area is 93.7 Å². The van der Waals surface area contributed by atoms with Gasteiger partial charge in [-0.15, -0.1) is 0 Å². The summed E-state index contributed by atoms with van der Waals surface area (Å²) in [7, 11) is 4.34. The van der Waals surface area contributed by atoms with Crippen LogP contribution < -0.4 is 0 Å². The molecular weight excluding hydrogens is 186 g/mol. The molecule has 0 radical (unpaired) electrons. The van der Waals surface area contributed by atoms with Gasteiger partial charge in [0.1, 0.15) is 0 Å². The number of likely N-dealkylation sites (N-methyl/N-ethyl adjacent to an activating group) is 2. The normalized spacial score (nSPS) is 25.1. The zero-order valence-electron chi connectivity index (χ0n) is 10.2. The minimum absolute atomic E-state index is 0.197. The van der Waals surface area contributed by atoms with Crippen LogP contribution in [-0.4, -0.2) is 49.6 Å². The van der Waals surface area contributed by atoms with E-state index in [1.165, 1.54) is 19.4 Å². The van der Waals surface area contributed by atoms with Crippen molar-refractivity contribution in [1.29, 1.82) is 5.26 Å². The highest BCUT2D eigenvalue weighted by Crippen LogP contribution is 2.15. The fourth-order valence-electron chi connectivity index (χ4n) is 2.26. The third-order valence-electron chi connectivity index (χ3n) is 3.41. The second kappa shape index (κ2) is 6.09. The van der Waals surface area contributed by atoms with Gasteiger partial charge in [-0.25, -0.2) is 0 Å². The molecule has 0 saturated carbocycles. The van der Waals surface area contributed by atoms with E-state index in [4.69, 9.17) is 5.26 Å². The van der Waals surface area contributed by atoms with E-state index >= 15 is 0 Å². The first-order valence-electron chi connectivity index (χ1n) is 5.95. The molecule has 1 fully saturated rings. The predicted molar refractivity (Wildman–Crippen MR) is 62.5 cm³/mol. The molecule has 3 heteroatoms. The highest BCUT2D eigenvalue weighted by Gasteiger charge is 2.22. The van der Waals surface area contributed by atoms with E-state index in [9.17, 15) is 0 Å². The molecule has 0 spiro atoms. The van der Waals surface area contributed by atoms with Gasteiger partial charge in [0.25, 0.3) is 0 Å². The minimum atomic E-state index is 0.197. The first-order chi connectivity index (χ1) is 7.17. The van der Waals surface area contributed by atoms with Gasteiger partial charge in [-0.05, 0) is 39.9 Å². The Morgan fingerprint density at radius 2 is 2.33 bits per heavy atom. The van der Waals surface area contributed by atoms with Gasteiger partial charge in [-0.3, -0.25) is 0 Å².